The number of rotatable bonds is 4. The molecule has 2 aromatic rings. The van der Waals surface area contributed by atoms with E-state index in [4.69, 9.17) is 10.7 Å². The SMILES string of the molecule is Cc1c(S(=O)(=O)Cl)c2ccccc2n1CCOC(F)(F)F. The lowest BCUT2D eigenvalue weighted by Crippen LogP contribution is -2.17. The maximum absolute atomic E-state index is 12.0. The zero-order valence-electron chi connectivity index (χ0n) is 10.8. The second kappa shape index (κ2) is 5.51. The summed E-state index contributed by atoms with van der Waals surface area (Å²) in [5.41, 5.74) is 0.761. The molecule has 0 N–H and O–H groups in total. The predicted molar refractivity (Wildman–Crippen MR) is 71.7 cm³/mol. The molecule has 0 amide bonds. The first-order chi connectivity index (χ1) is 9.61. The van der Waals surface area contributed by atoms with Crippen LogP contribution >= 0.6 is 10.7 Å². The third-order valence-electron chi connectivity index (χ3n) is 3.00. The first-order valence-corrected chi connectivity index (χ1v) is 8.15. The van der Waals surface area contributed by atoms with E-state index in [1.54, 1.807) is 24.3 Å². The second-order valence-corrected chi connectivity index (χ2v) is 6.82. The number of aromatic nitrogens is 1. The Bertz CT molecular complexity index is 768. The number of nitrogens with zero attached hydrogens (tertiary/aromatic N) is 1. The van der Waals surface area contributed by atoms with Crippen molar-refractivity contribution in [2.24, 2.45) is 0 Å². The molecule has 2 rings (SSSR count). The van der Waals surface area contributed by atoms with E-state index in [-0.39, 0.29) is 17.1 Å². The van der Waals surface area contributed by atoms with Crippen molar-refractivity contribution in [3.05, 3.63) is 30.0 Å². The standard InChI is InChI=1S/C12H11ClF3NO3S/c1-8-11(21(13,18)19)9-4-2-3-5-10(9)17(8)6-7-20-12(14,15)16/h2-5H,6-7H2,1H3. The zero-order chi connectivity index (χ0) is 15.8. The minimum Gasteiger partial charge on any atom is -0.341 e. The summed E-state index contributed by atoms with van der Waals surface area (Å²) in [4.78, 5) is -0.0909. The smallest absolute Gasteiger partial charge is 0.341 e. The summed E-state index contributed by atoms with van der Waals surface area (Å²) in [6.45, 7) is 0.728. The molecule has 4 nitrogen and oxygen atoms in total. The molecule has 116 valence electrons. The molecule has 1 aromatic carbocycles. The van der Waals surface area contributed by atoms with Crippen molar-refractivity contribution in [2.75, 3.05) is 6.61 Å². The van der Waals surface area contributed by atoms with Crippen molar-refractivity contribution in [1.29, 1.82) is 0 Å². The number of hydrogen-bond donors (Lipinski definition) is 0. The van der Waals surface area contributed by atoms with E-state index in [1.807, 2.05) is 0 Å². The Balaban J connectivity index is 2.47. The lowest BCUT2D eigenvalue weighted by atomic mass is 10.2. The fourth-order valence-electron chi connectivity index (χ4n) is 2.25. The number of benzene rings is 1. The zero-order valence-corrected chi connectivity index (χ0v) is 12.4. The van der Waals surface area contributed by atoms with E-state index in [2.05, 4.69) is 4.74 Å². The Kier molecular flexibility index (Phi) is 4.23. The minimum absolute atomic E-state index is 0.0909. The van der Waals surface area contributed by atoms with Gasteiger partial charge in [0.05, 0.1) is 6.61 Å². The van der Waals surface area contributed by atoms with E-state index in [0.29, 0.717) is 10.9 Å². The van der Waals surface area contributed by atoms with Crippen molar-refractivity contribution >= 4 is 30.6 Å². The molecule has 0 aliphatic heterocycles. The van der Waals surface area contributed by atoms with Crippen LogP contribution in [0.15, 0.2) is 29.2 Å². The van der Waals surface area contributed by atoms with Gasteiger partial charge in [-0.3, -0.25) is 4.74 Å². The van der Waals surface area contributed by atoms with Crippen LogP contribution in [0.1, 0.15) is 5.69 Å². The molecule has 0 spiro atoms. The molecule has 0 aliphatic rings. The lowest BCUT2D eigenvalue weighted by Gasteiger charge is -2.10. The Morgan fingerprint density at radius 1 is 1.29 bits per heavy atom. The van der Waals surface area contributed by atoms with Crippen molar-refractivity contribution in [2.45, 2.75) is 24.7 Å². The van der Waals surface area contributed by atoms with Gasteiger partial charge in [0.2, 0.25) is 0 Å². The van der Waals surface area contributed by atoms with E-state index < -0.39 is 22.0 Å². The first-order valence-electron chi connectivity index (χ1n) is 5.84. The van der Waals surface area contributed by atoms with Crippen molar-refractivity contribution in [3.63, 3.8) is 0 Å². The van der Waals surface area contributed by atoms with Gasteiger partial charge in [0.15, 0.2) is 0 Å². The molecule has 1 heterocycles. The fourth-order valence-corrected chi connectivity index (χ4v) is 3.73. The highest BCUT2D eigenvalue weighted by atomic mass is 35.7. The number of para-hydroxylation sites is 1. The summed E-state index contributed by atoms with van der Waals surface area (Å²) in [6.07, 6.45) is -4.72. The molecule has 0 saturated heterocycles. The summed E-state index contributed by atoms with van der Waals surface area (Å²) in [7, 11) is 1.41. The highest BCUT2D eigenvalue weighted by Gasteiger charge is 2.29. The Morgan fingerprint density at radius 2 is 1.90 bits per heavy atom. The maximum atomic E-state index is 12.0. The molecule has 0 aliphatic carbocycles. The summed E-state index contributed by atoms with van der Waals surface area (Å²) >= 11 is 0. The fraction of sp³-hybridized carbons (Fsp3) is 0.333. The number of halogens is 4. The molecular weight excluding hydrogens is 331 g/mol. The van der Waals surface area contributed by atoms with Crippen molar-refractivity contribution in [3.8, 4) is 0 Å². The first kappa shape index (κ1) is 16.1. The highest BCUT2D eigenvalue weighted by molar-refractivity contribution is 8.14. The third kappa shape index (κ3) is 3.50. The number of fused-ring (bicyclic) bond motifs is 1. The third-order valence-corrected chi connectivity index (χ3v) is 4.46. The van der Waals surface area contributed by atoms with Gasteiger partial charge in [-0.25, -0.2) is 8.42 Å². The van der Waals surface area contributed by atoms with E-state index in [0.717, 1.165) is 0 Å². The van der Waals surface area contributed by atoms with Gasteiger partial charge in [-0.1, -0.05) is 18.2 Å². The van der Waals surface area contributed by atoms with Gasteiger partial charge in [0.25, 0.3) is 9.05 Å². The van der Waals surface area contributed by atoms with Crippen LogP contribution in [0.5, 0.6) is 0 Å². The molecule has 21 heavy (non-hydrogen) atoms. The van der Waals surface area contributed by atoms with Crippen molar-refractivity contribution < 1.29 is 26.3 Å². The van der Waals surface area contributed by atoms with E-state index in [1.165, 1.54) is 11.5 Å². The predicted octanol–water partition coefficient (Wildman–Crippen LogP) is 3.41. The lowest BCUT2D eigenvalue weighted by molar-refractivity contribution is -0.325. The molecule has 0 atom stereocenters. The molecule has 0 saturated carbocycles. The quantitative estimate of drug-likeness (QED) is 0.801. The Hall–Kier alpha value is -1.25. The van der Waals surface area contributed by atoms with Gasteiger partial charge in [-0.2, -0.15) is 0 Å². The minimum atomic E-state index is -4.72. The number of ether oxygens (including phenoxy) is 1. The van der Waals surface area contributed by atoms with Crippen LogP contribution in [0.2, 0.25) is 0 Å². The summed E-state index contributed by atoms with van der Waals surface area (Å²) < 4.78 is 64.5. The summed E-state index contributed by atoms with van der Waals surface area (Å²) in [6, 6.07) is 6.46. The Morgan fingerprint density at radius 3 is 2.48 bits per heavy atom. The molecule has 9 heteroatoms. The van der Waals surface area contributed by atoms with Crippen LogP contribution in [0.3, 0.4) is 0 Å². The topological polar surface area (TPSA) is 48.3 Å². The van der Waals surface area contributed by atoms with Crippen LogP contribution in [0.25, 0.3) is 10.9 Å². The van der Waals surface area contributed by atoms with E-state index >= 15 is 0 Å². The molecule has 0 bridgehead atoms. The summed E-state index contributed by atoms with van der Waals surface area (Å²) in [5.74, 6) is 0. The molecule has 0 radical (unpaired) electrons. The van der Waals surface area contributed by atoms with Gasteiger partial charge in [-0.05, 0) is 13.0 Å². The Labute approximate surface area is 123 Å². The van der Waals surface area contributed by atoms with Crippen molar-refractivity contribution in [1.82, 2.24) is 4.57 Å². The van der Waals surface area contributed by atoms with Gasteiger partial charge in [0.1, 0.15) is 4.90 Å². The average Bonchev–Trinajstić information content (AvgIpc) is 2.60. The largest absolute Gasteiger partial charge is 0.522 e. The highest BCUT2D eigenvalue weighted by Crippen LogP contribution is 2.32. The number of hydrogen-bond acceptors (Lipinski definition) is 3. The van der Waals surface area contributed by atoms with Crippen LogP contribution in [-0.2, 0) is 20.3 Å². The molecule has 0 unspecified atom stereocenters. The van der Waals surface area contributed by atoms with Crippen LogP contribution in [-0.4, -0.2) is 26.0 Å². The number of alkyl halides is 3. The molecule has 0 fully saturated rings. The average molecular weight is 342 g/mol. The normalized spacial score (nSPS) is 13.0. The van der Waals surface area contributed by atoms with Crippen LogP contribution < -0.4 is 0 Å². The van der Waals surface area contributed by atoms with Gasteiger partial charge in [0, 0.05) is 33.8 Å². The maximum Gasteiger partial charge on any atom is 0.522 e. The molecular formula is C12H11ClF3NO3S. The monoisotopic (exact) mass is 341 g/mol. The van der Waals surface area contributed by atoms with Gasteiger partial charge in [-0.15, -0.1) is 13.2 Å². The van der Waals surface area contributed by atoms with Crippen LogP contribution in [0.4, 0.5) is 13.2 Å². The van der Waals surface area contributed by atoms with Gasteiger partial charge >= 0.3 is 6.36 Å². The molecule has 1 aromatic heterocycles. The van der Waals surface area contributed by atoms with Crippen LogP contribution in [0, 0.1) is 6.92 Å². The van der Waals surface area contributed by atoms with Gasteiger partial charge < -0.3 is 4.57 Å². The second-order valence-electron chi connectivity index (χ2n) is 4.32. The summed E-state index contributed by atoms with van der Waals surface area (Å²) in [5, 5.41) is 0.372. The van der Waals surface area contributed by atoms with E-state index in [9.17, 15) is 21.6 Å².